The summed E-state index contributed by atoms with van der Waals surface area (Å²) < 4.78 is 0. The van der Waals surface area contributed by atoms with Gasteiger partial charge in [-0.15, -0.1) is 0 Å². The Balaban J connectivity index is 1.32. The normalized spacial score (nSPS) is 20.6. The van der Waals surface area contributed by atoms with Crippen LogP contribution in [0.4, 0.5) is 0 Å². The van der Waals surface area contributed by atoms with E-state index in [0.717, 1.165) is 38.3 Å². The van der Waals surface area contributed by atoms with E-state index in [4.69, 9.17) is 0 Å². The molecule has 1 heterocycles. The highest BCUT2D eigenvalue weighted by Gasteiger charge is 2.22. The Morgan fingerprint density at radius 1 is 1.00 bits per heavy atom. The number of piperidine rings is 1. The third-order valence-electron chi connectivity index (χ3n) is 6.07. The Morgan fingerprint density at radius 2 is 1.65 bits per heavy atom. The number of benzene rings is 1. The molecule has 0 spiro atoms. The van der Waals surface area contributed by atoms with Gasteiger partial charge >= 0.3 is 0 Å². The van der Waals surface area contributed by atoms with Crippen LogP contribution in [-0.4, -0.2) is 41.6 Å². The molecule has 3 rings (SSSR count). The summed E-state index contributed by atoms with van der Waals surface area (Å²) in [6.07, 6.45) is 12.1. The molecule has 1 aliphatic carbocycles. The number of aryl methyl sites for hydroxylation is 1. The zero-order chi connectivity index (χ0) is 18.2. The zero-order valence-electron chi connectivity index (χ0n) is 16.0. The molecule has 0 bridgehead atoms. The first-order valence-corrected chi connectivity index (χ1v) is 10.5. The first-order valence-electron chi connectivity index (χ1n) is 10.5. The molecule has 2 aliphatic rings. The second kappa shape index (κ2) is 9.96. The zero-order valence-corrected chi connectivity index (χ0v) is 16.0. The molecule has 4 nitrogen and oxygen atoms in total. The largest absolute Gasteiger partial charge is 0.508 e. The van der Waals surface area contributed by atoms with Crippen molar-refractivity contribution in [2.75, 3.05) is 19.6 Å². The monoisotopic (exact) mass is 358 g/mol. The number of hydrogen-bond donors (Lipinski definition) is 2. The number of aromatic hydroxyl groups is 1. The van der Waals surface area contributed by atoms with Crippen molar-refractivity contribution >= 4 is 5.91 Å². The average molecular weight is 359 g/mol. The predicted molar refractivity (Wildman–Crippen MR) is 105 cm³/mol. The second-order valence-corrected chi connectivity index (χ2v) is 8.18. The fourth-order valence-electron chi connectivity index (χ4n) is 4.37. The lowest BCUT2D eigenvalue weighted by atomic mass is 9.90. The van der Waals surface area contributed by atoms with Crippen LogP contribution < -0.4 is 5.32 Å². The summed E-state index contributed by atoms with van der Waals surface area (Å²) in [6.45, 7) is 2.65. The SMILES string of the molecule is O=C(CN1CCC(CCc2ccc(O)cc2)CC1)NC1CCCCCC1. The molecule has 1 amide bonds. The van der Waals surface area contributed by atoms with Gasteiger partial charge in [-0.3, -0.25) is 9.69 Å². The van der Waals surface area contributed by atoms with Crippen LogP contribution in [-0.2, 0) is 11.2 Å². The number of carbonyl (C=O) groups is 1. The van der Waals surface area contributed by atoms with Crippen molar-refractivity contribution in [2.24, 2.45) is 5.92 Å². The maximum Gasteiger partial charge on any atom is 0.234 e. The number of likely N-dealkylation sites (tertiary alicyclic amines) is 1. The molecule has 26 heavy (non-hydrogen) atoms. The van der Waals surface area contributed by atoms with Crippen LogP contribution in [0.2, 0.25) is 0 Å². The van der Waals surface area contributed by atoms with Gasteiger partial charge in [0.15, 0.2) is 0 Å². The number of hydrogen-bond acceptors (Lipinski definition) is 3. The van der Waals surface area contributed by atoms with Crippen molar-refractivity contribution in [1.29, 1.82) is 0 Å². The van der Waals surface area contributed by atoms with Crippen LogP contribution in [0.1, 0.15) is 63.4 Å². The molecule has 0 radical (unpaired) electrons. The Hall–Kier alpha value is -1.55. The van der Waals surface area contributed by atoms with E-state index in [2.05, 4.69) is 10.2 Å². The van der Waals surface area contributed by atoms with E-state index in [0.29, 0.717) is 18.3 Å². The molecule has 4 heteroatoms. The van der Waals surface area contributed by atoms with E-state index in [9.17, 15) is 9.90 Å². The van der Waals surface area contributed by atoms with Crippen molar-refractivity contribution in [2.45, 2.75) is 70.3 Å². The molecule has 0 atom stereocenters. The van der Waals surface area contributed by atoms with Crippen molar-refractivity contribution in [3.05, 3.63) is 29.8 Å². The summed E-state index contributed by atoms with van der Waals surface area (Å²) in [5.74, 6) is 1.31. The Bertz CT molecular complexity index is 542. The first kappa shape index (κ1) is 19.2. The van der Waals surface area contributed by atoms with E-state index in [1.807, 2.05) is 12.1 Å². The van der Waals surface area contributed by atoms with Crippen molar-refractivity contribution in [1.82, 2.24) is 10.2 Å². The van der Waals surface area contributed by atoms with Gasteiger partial charge < -0.3 is 10.4 Å². The van der Waals surface area contributed by atoms with Crippen LogP contribution >= 0.6 is 0 Å². The summed E-state index contributed by atoms with van der Waals surface area (Å²) in [5, 5.41) is 12.6. The lowest BCUT2D eigenvalue weighted by Crippen LogP contribution is -2.44. The van der Waals surface area contributed by atoms with E-state index < -0.39 is 0 Å². The second-order valence-electron chi connectivity index (χ2n) is 8.18. The topological polar surface area (TPSA) is 52.6 Å². The molecular weight excluding hydrogens is 324 g/mol. The average Bonchev–Trinajstić information content (AvgIpc) is 2.91. The highest BCUT2D eigenvalue weighted by molar-refractivity contribution is 5.78. The maximum absolute atomic E-state index is 12.3. The molecule has 1 aromatic carbocycles. The fourth-order valence-corrected chi connectivity index (χ4v) is 4.37. The van der Waals surface area contributed by atoms with E-state index in [-0.39, 0.29) is 5.91 Å². The molecule has 1 aliphatic heterocycles. The molecule has 2 fully saturated rings. The van der Waals surface area contributed by atoms with Gasteiger partial charge in [0, 0.05) is 6.04 Å². The highest BCUT2D eigenvalue weighted by Crippen LogP contribution is 2.23. The summed E-state index contributed by atoms with van der Waals surface area (Å²) in [6, 6.07) is 7.98. The Labute approximate surface area is 158 Å². The minimum absolute atomic E-state index is 0.222. The van der Waals surface area contributed by atoms with E-state index in [1.165, 1.54) is 50.5 Å². The van der Waals surface area contributed by atoms with Gasteiger partial charge in [-0.05, 0) is 75.2 Å². The maximum atomic E-state index is 12.3. The standard InChI is InChI=1S/C22H34N2O2/c25-21-11-9-18(10-12-21)7-8-19-13-15-24(16-14-19)17-22(26)23-20-5-3-1-2-4-6-20/h9-12,19-20,25H,1-8,13-17H2,(H,23,26). The minimum atomic E-state index is 0.222. The van der Waals surface area contributed by atoms with Crippen molar-refractivity contribution in [3.8, 4) is 5.75 Å². The summed E-state index contributed by atoms with van der Waals surface area (Å²) in [4.78, 5) is 14.7. The van der Waals surface area contributed by atoms with Crippen LogP contribution in [0.5, 0.6) is 5.75 Å². The number of rotatable bonds is 6. The molecule has 0 aromatic heterocycles. The lowest BCUT2D eigenvalue weighted by Gasteiger charge is -2.32. The van der Waals surface area contributed by atoms with Gasteiger partial charge in [-0.25, -0.2) is 0 Å². The number of phenols is 1. The Morgan fingerprint density at radius 3 is 2.31 bits per heavy atom. The molecule has 0 unspecified atom stereocenters. The van der Waals surface area contributed by atoms with Gasteiger partial charge in [0.2, 0.25) is 5.91 Å². The van der Waals surface area contributed by atoms with Gasteiger partial charge in [0.05, 0.1) is 6.54 Å². The number of nitrogens with zero attached hydrogens (tertiary/aromatic N) is 1. The minimum Gasteiger partial charge on any atom is -0.508 e. The molecule has 2 N–H and O–H groups in total. The van der Waals surface area contributed by atoms with Crippen LogP contribution in [0.15, 0.2) is 24.3 Å². The first-order chi connectivity index (χ1) is 12.7. The number of nitrogens with one attached hydrogen (secondary N) is 1. The fraction of sp³-hybridized carbons (Fsp3) is 0.682. The van der Waals surface area contributed by atoms with E-state index >= 15 is 0 Å². The molecule has 1 aromatic rings. The quantitative estimate of drug-likeness (QED) is 0.759. The third-order valence-corrected chi connectivity index (χ3v) is 6.07. The molecule has 1 saturated heterocycles. The van der Waals surface area contributed by atoms with E-state index in [1.54, 1.807) is 12.1 Å². The highest BCUT2D eigenvalue weighted by atomic mass is 16.3. The molecule has 1 saturated carbocycles. The third kappa shape index (κ3) is 6.31. The molecular formula is C22H34N2O2. The van der Waals surface area contributed by atoms with Crippen molar-refractivity contribution in [3.63, 3.8) is 0 Å². The van der Waals surface area contributed by atoms with Crippen LogP contribution in [0.3, 0.4) is 0 Å². The number of carbonyl (C=O) groups excluding carboxylic acids is 1. The predicted octanol–water partition coefficient (Wildman–Crippen LogP) is 3.88. The number of amides is 1. The lowest BCUT2D eigenvalue weighted by molar-refractivity contribution is -0.123. The van der Waals surface area contributed by atoms with Crippen LogP contribution in [0.25, 0.3) is 0 Å². The van der Waals surface area contributed by atoms with Crippen LogP contribution in [0, 0.1) is 5.92 Å². The summed E-state index contributed by atoms with van der Waals surface area (Å²) >= 11 is 0. The summed E-state index contributed by atoms with van der Waals surface area (Å²) in [7, 11) is 0. The summed E-state index contributed by atoms with van der Waals surface area (Å²) in [5.41, 5.74) is 1.30. The smallest absolute Gasteiger partial charge is 0.234 e. The van der Waals surface area contributed by atoms with Crippen molar-refractivity contribution < 1.29 is 9.90 Å². The Kier molecular flexibility index (Phi) is 7.36. The van der Waals surface area contributed by atoms with Gasteiger partial charge in [-0.1, -0.05) is 37.8 Å². The number of phenolic OH excluding ortho intramolecular Hbond substituents is 1. The van der Waals surface area contributed by atoms with Gasteiger partial charge in [0.25, 0.3) is 0 Å². The molecule has 144 valence electrons. The van der Waals surface area contributed by atoms with Gasteiger partial charge in [-0.2, -0.15) is 0 Å². The van der Waals surface area contributed by atoms with Gasteiger partial charge in [0.1, 0.15) is 5.75 Å².